The molecular weight excluding hydrogens is 446 g/mol. The van der Waals surface area contributed by atoms with Crippen molar-refractivity contribution in [3.8, 4) is 5.75 Å². The van der Waals surface area contributed by atoms with Gasteiger partial charge in [0.15, 0.2) is 0 Å². The maximum Gasteiger partial charge on any atom is 0.137 e. The molecule has 0 aliphatic carbocycles. The summed E-state index contributed by atoms with van der Waals surface area (Å²) in [5.74, 6) is 0.986. The number of alkyl halides is 1. The highest BCUT2D eigenvalue weighted by Crippen LogP contribution is 2.30. The molecule has 0 spiro atoms. The fraction of sp³-hybridized carbons (Fsp3) is 0.250. The number of ether oxygens (including phenoxy) is 1. The molecule has 4 heteroatoms. The Hall–Kier alpha value is 0.960. The van der Waals surface area contributed by atoms with Crippen molar-refractivity contribution in [3.63, 3.8) is 0 Å². The maximum absolute atomic E-state index is 5.31. The largest absolute Gasteiger partial charge is 0.495 e. The van der Waals surface area contributed by atoms with Crippen molar-refractivity contribution in [3.05, 3.63) is 24.8 Å². The lowest BCUT2D eigenvalue weighted by Gasteiger charge is -2.09. The average molecular weight is 453 g/mol. The zero-order valence-corrected chi connectivity index (χ0v) is 12.3. The summed E-state index contributed by atoms with van der Waals surface area (Å²) in [5.41, 5.74) is 1.23. The van der Waals surface area contributed by atoms with Crippen LogP contribution < -0.4 is 4.74 Å². The minimum absolute atomic E-state index is 0.839. The highest BCUT2D eigenvalue weighted by molar-refractivity contribution is 14.1. The summed E-state index contributed by atoms with van der Waals surface area (Å²) in [6.45, 7) is 0. The maximum atomic E-state index is 5.31. The second-order valence-corrected chi connectivity index (χ2v) is 5.06. The summed E-state index contributed by atoms with van der Waals surface area (Å²) in [5, 5.41) is 0.839. The summed E-state index contributed by atoms with van der Waals surface area (Å²) in [6.07, 6.45) is 0. The van der Waals surface area contributed by atoms with E-state index in [1.807, 2.05) is 0 Å². The first-order chi connectivity index (χ1) is 5.70. The highest BCUT2D eigenvalue weighted by atomic mass is 127. The van der Waals surface area contributed by atoms with Crippen molar-refractivity contribution in [1.29, 1.82) is 0 Å². The normalized spacial score (nSPS) is 10.0. The first-order valence-electron chi connectivity index (χ1n) is 3.27. The summed E-state index contributed by atoms with van der Waals surface area (Å²) >= 11 is 8.04. The van der Waals surface area contributed by atoms with Gasteiger partial charge in [0.1, 0.15) is 5.75 Å². The molecule has 0 saturated carbocycles. The van der Waals surface area contributed by atoms with E-state index in [1.54, 1.807) is 7.11 Å². The molecule has 0 saturated heterocycles. The van der Waals surface area contributed by atoms with Gasteiger partial charge in [0.05, 0.1) is 10.7 Å². The Morgan fingerprint density at radius 2 is 1.92 bits per heavy atom. The second kappa shape index (κ2) is 4.99. The minimum Gasteiger partial charge on any atom is -0.495 e. The van der Waals surface area contributed by atoms with Gasteiger partial charge in [-0.25, -0.2) is 0 Å². The molecule has 0 heterocycles. The van der Waals surface area contributed by atoms with E-state index in [-0.39, 0.29) is 0 Å². The summed E-state index contributed by atoms with van der Waals surface area (Å²) < 4.78 is 7.70. The molecule has 1 rings (SSSR count). The third kappa shape index (κ3) is 2.25. The van der Waals surface area contributed by atoms with Gasteiger partial charge < -0.3 is 4.74 Å². The molecule has 1 nitrogen and oxygen atoms in total. The first kappa shape index (κ1) is 11.0. The molecule has 0 bridgehead atoms. The molecule has 0 aliphatic heterocycles. The molecule has 0 aliphatic rings. The van der Waals surface area contributed by atoms with Crippen LogP contribution in [-0.4, -0.2) is 7.11 Å². The van der Waals surface area contributed by atoms with Crippen molar-refractivity contribution in [1.82, 2.24) is 0 Å². The lowest BCUT2D eigenvalue weighted by atomic mass is 10.2. The Morgan fingerprint density at radius 1 is 1.33 bits per heavy atom. The lowest BCUT2D eigenvalue weighted by molar-refractivity contribution is 0.408. The molecular formula is C8H7BrI2O. The van der Waals surface area contributed by atoms with Crippen LogP contribution in [0.4, 0.5) is 0 Å². The third-order valence-electron chi connectivity index (χ3n) is 1.49. The van der Waals surface area contributed by atoms with Crippen molar-refractivity contribution in [2.24, 2.45) is 0 Å². The van der Waals surface area contributed by atoms with Crippen molar-refractivity contribution >= 4 is 61.1 Å². The summed E-state index contributed by atoms with van der Waals surface area (Å²) in [6, 6.07) is 4.16. The van der Waals surface area contributed by atoms with Gasteiger partial charge in [0.2, 0.25) is 0 Å². The molecule has 0 atom stereocenters. The van der Waals surface area contributed by atoms with E-state index in [2.05, 4.69) is 73.2 Å². The van der Waals surface area contributed by atoms with Crippen LogP contribution >= 0.6 is 61.1 Å². The van der Waals surface area contributed by atoms with E-state index < -0.39 is 0 Å². The Kier molecular flexibility index (Phi) is 4.59. The second-order valence-electron chi connectivity index (χ2n) is 2.17. The Labute approximate surface area is 108 Å². The van der Waals surface area contributed by atoms with Gasteiger partial charge in [0.25, 0.3) is 0 Å². The lowest BCUT2D eigenvalue weighted by Crippen LogP contribution is -1.95. The minimum atomic E-state index is 0.839. The third-order valence-corrected chi connectivity index (χ3v) is 3.91. The van der Waals surface area contributed by atoms with Crippen LogP contribution in [0.15, 0.2) is 12.1 Å². The van der Waals surface area contributed by atoms with Crippen LogP contribution in [0.5, 0.6) is 5.75 Å². The van der Waals surface area contributed by atoms with Crippen LogP contribution in [0.3, 0.4) is 0 Å². The van der Waals surface area contributed by atoms with E-state index >= 15 is 0 Å². The van der Waals surface area contributed by atoms with Crippen LogP contribution in [0, 0.1) is 7.14 Å². The van der Waals surface area contributed by atoms with Crippen LogP contribution in [0.2, 0.25) is 0 Å². The molecule has 0 fully saturated rings. The smallest absolute Gasteiger partial charge is 0.137 e. The quantitative estimate of drug-likeness (QED) is 0.490. The zero-order valence-electron chi connectivity index (χ0n) is 6.40. The number of benzene rings is 1. The van der Waals surface area contributed by atoms with Gasteiger partial charge in [-0.2, -0.15) is 0 Å². The molecule has 0 radical (unpaired) electrons. The van der Waals surface area contributed by atoms with Crippen molar-refractivity contribution in [2.45, 2.75) is 5.33 Å². The monoisotopic (exact) mass is 452 g/mol. The van der Waals surface area contributed by atoms with E-state index in [0.717, 1.165) is 14.6 Å². The standard InChI is InChI=1S/C8H7BrI2O/c1-12-8-5(4-9)6(10)2-3-7(8)11/h2-3H,4H2,1H3. The Balaban J connectivity index is 3.28. The fourth-order valence-corrected chi connectivity index (χ4v) is 3.34. The van der Waals surface area contributed by atoms with E-state index in [9.17, 15) is 0 Å². The fourth-order valence-electron chi connectivity index (χ4n) is 0.920. The van der Waals surface area contributed by atoms with Crippen molar-refractivity contribution < 1.29 is 4.74 Å². The van der Waals surface area contributed by atoms with Gasteiger partial charge >= 0.3 is 0 Å². The zero-order chi connectivity index (χ0) is 9.14. The average Bonchev–Trinajstić information content (AvgIpc) is 2.08. The number of methoxy groups -OCH3 is 1. The summed E-state index contributed by atoms with van der Waals surface area (Å²) in [7, 11) is 1.71. The first-order valence-corrected chi connectivity index (χ1v) is 6.55. The van der Waals surface area contributed by atoms with Gasteiger partial charge in [0, 0.05) is 14.5 Å². The molecule has 0 amide bonds. The predicted molar refractivity (Wildman–Crippen MR) is 71.1 cm³/mol. The van der Waals surface area contributed by atoms with E-state index in [4.69, 9.17) is 4.74 Å². The predicted octanol–water partition coefficient (Wildman–Crippen LogP) is 3.80. The van der Waals surface area contributed by atoms with Gasteiger partial charge in [-0.05, 0) is 57.3 Å². The van der Waals surface area contributed by atoms with Crippen LogP contribution in [0.1, 0.15) is 5.56 Å². The van der Waals surface area contributed by atoms with Crippen molar-refractivity contribution in [2.75, 3.05) is 7.11 Å². The molecule has 0 aromatic heterocycles. The van der Waals surface area contributed by atoms with Crippen LogP contribution in [-0.2, 0) is 5.33 Å². The molecule has 0 N–H and O–H groups in total. The highest BCUT2D eigenvalue weighted by Gasteiger charge is 2.09. The van der Waals surface area contributed by atoms with Crippen LogP contribution in [0.25, 0.3) is 0 Å². The number of halogens is 3. The number of hydrogen-bond donors (Lipinski definition) is 0. The summed E-state index contributed by atoms with van der Waals surface area (Å²) in [4.78, 5) is 0. The van der Waals surface area contributed by atoms with Gasteiger partial charge in [-0.3, -0.25) is 0 Å². The van der Waals surface area contributed by atoms with Gasteiger partial charge in [-0.15, -0.1) is 0 Å². The number of hydrogen-bond acceptors (Lipinski definition) is 1. The Bertz CT molecular complexity index is 260. The molecule has 1 aromatic carbocycles. The van der Waals surface area contributed by atoms with E-state index in [0.29, 0.717) is 0 Å². The number of rotatable bonds is 2. The SMILES string of the molecule is COc1c(I)ccc(I)c1CBr. The van der Waals surface area contributed by atoms with Gasteiger partial charge in [-0.1, -0.05) is 15.9 Å². The molecule has 66 valence electrons. The van der Waals surface area contributed by atoms with E-state index in [1.165, 1.54) is 9.13 Å². The molecule has 1 aromatic rings. The topological polar surface area (TPSA) is 9.23 Å². The molecule has 0 unspecified atom stereocenters. The Morgan fingerprint density at radius 3 is 2.33 bits per heavy atom. The molecule has 12 heavy (non-hydrogen) atoms.